The lowest BCUT2D eigenvalue weighted by molar-refractivity contribution is -0.121. The fraction of sp³-hybridized carbons (Fsp3) is 0.529. The van der Waals surface area contributed by atoms with E-state index in [4.69, 9.17) is 4.74 Å². The normalized spacial score (nSPS) is 16.4. The van der Waals surface area contributed by atoms with Gasteiger partial charge in [-0.1, -0.05) is 12.1 Å². The maximum atomic E-state index is 12.5. The van der Waals surface area contributed by atoms with E-state index in [0.29, 0.717) is 44.2 Å². The lowest BCUT2D eigenvalue weighted by Gasteiger charge is -2.37. The van der Waals surface area contributed by atoms with E-state index in [9.17, 15) is 9.59 Å². The Hall–Kier alpha value is -2.28. The smallest absolute Gasteiger partial charge is 0.317 e. The molecule has 0 spiro atoms. The number of benzene rings is 1. The maximum absolute atomic E-state index is 12.5. The highest BCUT2D eigenvalue weighted by Gasteiger charge is 2.27. The van der Waals surface area contributed by atoms with Crippen molar-refractivity contribution >= 4 is 17.6 Å². The number of para-hydroxylation sites is 2. The number of carbonyl (C=O) groups is 2. The molecule has 0 aromatic heterocycles. The zero-order valence-electron chi connectivity index (χ0n) is 14.5. The number of ether oxygens (including phenoxy) is 1. The lowest BCUT2D eigenvalue weighted by Crippen LogP contribution is -2.55. The molecule has 0 radical (unpaired) electrons. The Morgan fingerprint density at radius 1 is 1.21 bits per heavy atom. The van der Waals surface area contributed by atoms with Crippen molar-refractivity contribution < 1.29 is 14.3 Å². The SMILES string of the molecule is CCOc1ccccc1NC(=O)C(C)N1CCN(C(=O)NC)CC1. The summed E-state index contributed by atoms with van der Waals surface area (Å²) in [6, 6.07) is 7.07. The van der Waals surface area contributed by atoms with Gasteiger partial charge in [0.05, 0.1) is 18.3 Å². The van der Waals surface area contributed by atoms with Gasteiger partial charge in [0.15, 0.2) is 0 Å². The molecule has 1 fully saturated rings. The molecule has 1 atom stereocenters. The minimum atomic E-state index is -0.272. The molecule has 1 aliphatic rings. The first kappa shape index (κ1) is 18.1. The number of hydrogen-bond acceptors (Lipinski definition) is 4. The quantitative estimate of drug-likeness (QED) is 0.853. The number of carbonyl (C=O) groups excluding carboxylic acids is 2. The first-order valence-corrected chi connectivity index (χ1v) is 8.30. The molecule has 1 saturated heterocycles. The van der Waals surface area contributed by atoms with Crippen LogP contribution in [0.1, 0.15) is 13.8 Å². The van der Waals surface area contributed by atoms with Crippen molar-refractivity contribution in [3.8, 4) is 5.75 Å². The number of hydrogen-bond donors (Lipinski definition) is 2. The number of piperazine rings is 1. The monoisotopic (exact) mass is 334 g/mol. The molecular weight excluding hydrogens is 308 g/mol. The van der Waals surface area contributed by atoms with Gasteiger partial charge in [0.1, 0.15) is 5.75 Å². The average molecular weight is 334 g/mol. The summed E-state index contributed by atoms with van der Waals surface area (Å²) < 4.78 is 5.54. The number of amides is 3. The largest absolute Gasteiger partial charge is 0.492 e. The summed E-state index contributed by atoms with van der Waals surface area (Å²) in [5, 5.41) is 5.57. The summed E-state index contributed by atoms with van der Waals surface area (Å²) in [4.78, 5) is 28.0. The Morgan fingerprint density at radius 3 is 2.50 bits per heavy atom. The third-order valence-electron chi connectivity index (χ3n) is 4.19. The van der Waals surface area contributed by atoms with Gasteiger partial charge in [-0.2, -0.15) is 0 Å². The summed E-state index contributed by atoms with van der Waals surface area (Å²) in [6.45, 7) is 6.93. The first-order valence-electron chi connectivity index (χ1n) is 8.30. The molecule has 1 aliphatic heterocycles. The lowest BCUT2D eigenvalue weighted by atomic mass is 10.2. The molecule has 2 rings (SSSR count). The summed E-state index contributed by atoms with van der Waals surface area (Å²) in [7, 11) is 1.63. The van der Waals surface area contributed by atoms with Crippen LogP contribution >= 0.6 is 0 Å². The summed E-state index contributed by atoms with van der Waals surface area (Å²) in [5.74, 6) is 0.598. The van der Waals surface area contributed by atoms with E-state index in [2.05, 4.69) is 15.5 Å². The van der Waals surface area contributed by atoms with Crippen LogP contribution < -0.4 is 15.4 Å². The van der Waals surface area contributed by atoms with E-state index in [-0.39, 0.29) is 18.0 Å². The predicted octanol–water partition coefficient (Wildman–Crippen LogP) is 1.37. The topological polar surface area (TPSA) is 73.9 Å². The highest BCUT2D eigenvalue weighted by Crippen LogP contribution is 2.24. The summed E-state index contributed by atoms with van der Waals surface area (Å²) >= 11 is 0. The molecule has 7 heteroatoms. The molecule has 1 unspecified atom stereocenters. The van der Waals surface area contributed by atoms with Crippen molar-refractivity contribution in [2.45, 2.75) is 19.9 Å². The second-order valence-electron chi connectivity index (χ2n) is 5.67. The zero-order valence-corrected chi connectivity index (χ0v) is 14.5. The highest BCUT2D eigenvalue weighted by molar-refractivity contribution is 5.95. The van der Waals surface area contributed by atoms with Crippen LogP contribution in [0.25, 0.3) is 0 Å². The fourth-order valence-corrected chi connectivity index (χ4v) is 2.72. The van der Waals surface area contributed by atoms with Gasteiger partial charge in [0.25, 0.3) is 0 Å². The minimum absolute atomic E-state index is 0.0719. The minimum Gasteiger partial charge on any atom is -0.492 e. The van der Waals surface area contributed by atoms with Crippen LogP contribution in [0.5, 0.6) is 5.75 Å². The van der Waals surface area contributed by atoms with Gasteiger partial charge in [0.2, 0.25) is 5.91 Å². The number of rotatable bonds is 5. The van der Waals surface area contributed by atoms with Crippen LogP contribution in [0, 0.1) is 0 Å². The van der Waals surface area contributed by atoms with Gasteiger partial charge < -0.3 is 20.3 Å². The van der Waals surface area contributed by atoms with Crippen LogP contribution in [0.15, 0.2) is 24.3 Å². The van der Waals surface area contributed by atoms with Crippen molar-refractivity contribution in [3.05, 3.63) is 24.3 Å². The van der Waals surface area contributed by atoms with Gasteiger partial charge in [-0.15, -0.1) is 0 Å². The van der Waals surface area contributed by atoms with E-state index in [1.54, 1.807) is 11.9 Å². The van der Waals surface area contributed by atoms with E-state index in [0.717, 1.165) is 0 Å². The van der Waals surface area contributed by atoms with Crippen molar-refractivity contribution in [2.75, 3.05) is 45.2 Å². The standard InChI is InChI=1S/C17H26N4O3/c1-4-24-15-8-6-5-7-14(15)19-16(22)13(2)20-9-11-21(12-10-20)17(23)18-3/h5-8,13H,4,9-12H2,1-3H3,(H,18,23)(H,19,22). The summed E-state index contributed by atoms with van der Waals surface area (Å²) in [6.07, 6.45) is 0. The predicted molar refractivity (Wildman–Crippen MR) is 93.3 cm³/mol. The average Bonchev–Trinajstić information content (AvgIpc) is 2.62. The molecule has 1 heterocycles. The molecule has 1 aromatic rings. The molecule has 0 saturated carbocycles. The van der Waals surface area contributed by atoms with E-state index in [1.807, 2.05) is 38.1 Å². The number of nitrogens with zero attached hydrogens (tertiary/aromatic N) is 2. The van der Waals surface area contributed by atoms with Crippen molar-refractivity contribution in [1.82, 2.24) is 15.1 Å². The Labute approximate surface area is 142 Å². The zero-order chi connectivity index (χ0) is 17.5. The highest BCUT2D eigenvalue weighted by atomic mass is 16.5. The number of nitrogens with one attached hydrogen (secondary N) is 2. The molecule has 2 N–H and O–H groups in total. The van der Waals surface area contributed by atoms with Crippen molar-refractivity contribution in [1.29, 1.82) is 0 Å². The molecule has 132 valence electrons. The third-order valence-corrected chi connectivity index (χ3v) is 4.19. The molecule has 7 nitrogen and oxygen atoms in total. The molecule has 1 aromatic carbocycles. The maximum Gasteiger partial charge on any atom is 0.317 e. The number of urea groups is 1. The molecule has 3 amide bonds. The van der Waals surface area contributed by atoms with E-state index >= 15 is 0 Å². The molecular formula is C17H26N4O3. The Bertz CT molecular complexity index is 571. The van der Waals surface area contributed by atoms with Gasteiger partial charge in [0, 0.05) is 33.2 Å². The Balaban J connectivity index is 1.92. The van der Waals surface area contributed by atoms with Gasteiger partial charge in [-0.3, -0.25) is 9.69 Å². The van der Waals surface area contributed by atoms with E-state index in [1.165, 1.54) is 0 Å². The fourth-order valence-electron chi connectivity index (χ4n) is 2.72. The molecule has 24 heavy (non-hydrogen) atoms. The van der Waals surface area contributed by atoms with Gasteiger partial charge in [-0.25, -0.2) is 4.79 Å². The molecule has 0 bridgehead atoms. The Kier molecular flexibility index (Phi) is 6.43. The van der Waals surface area contributed by atoms with Crippen molar-refractivity contribution in [3.63, 3.8) is 0 Å². The van der Waals surface area contributed by atoms with Crippen LogP contribution in [0.3, 0.4) is 0 Å². The van der Waals surface area contributed by atoms with Crippen LogP contribution in [-0.4, -0.2) is 67.6 Å². The van der Waals surface area contributed by atoms with Crippen LogP contribution in [-0.2, 0) is 4.79 Å². The number of anilines is 1. The second kappa shape index (κ2) is 8.54. The van der Waals surface area contributed by atoms with Gasteiger partial charge in [-0.05, 0) is 26.0 Å². The molecule has 0 aliphatic carbocycles. The summed E-state index contributed by atoms with van der Waals surface area (Å²) in [5.41, 5.74) is 0.681. The van der Waals surface area contributed by atoms with Crippen LogP contribution in [0.2, 0.25) is 0 Å². The van der Waals surface area contributed by atoms with Crippen molar-refractivity contribution in [2.24, 2.45) is 0 Å². The van der Waals surface area contributed by atoms with Gasteiger partial charge >= 0.3 is 6.03 Å². The van der Waals surface area contributed by atoms with E-state index < -0.39 is 0 Å². The second-order valence-corrected chi connectivity index (χ2v) is 5.67. The first-order chi connectivity index (χ1) is 11.6. The van der Waals surface area contributed by atoms with Crippen LogP contribution in [0.4, 0.5) is 10.5 Å². The third kappa shape index (κ3) is 4.38. The Morgan fingerprint density at radius 2 is 1.88 bits per heavy atom.